The van der Waals surface area contributed by atoms with Crippen molar-refractivity contribution in [1.29, 1.82) is 0 Å². The molecule has 94 valence electrons. The predicted octanol–water partition coefficient (Wildman–Crippen LogP) is 0.0988. The Kier molecular flexibility index (Phi) is 2.97. The summed E-state index contributed by atoms with van der Waals surface area (Å²) in [5, 5.41) is 0. The van der Waals surface area contributed by atoms with E-state index in [1.165, 1.54) is 6.08 Å². The molecule has 0 aliphatic carbocycles. The standard InChI is InChI=1S/C13H9F3IO/c14-13(15,16)11-9-6-7-10(18-9)12(11)17-8-4-2-1-3-5-8/h1-7,9-10H/q+1. The number of rotatable bonds is 2. The second kappa shape index (κ2) is 4.38. The number of halogens is 4. The average molecular weight is 365 g/mol. The number of alkyl halides is 3. The molecule has 0 amide bonds. The van der Waals surface area contributed by atoms with E-state index in [9.17, 15) is 13.2 Å². The van der Waals surface area contributed by atoms with Gasteiger partial charge in [-0.25, -0.2) is 0 Å². The van der Waals surface area contributed by atoms with E-state index in [-0.39, 0.29) is 0 Å². The van der Waals surface area contributed by atoms with Gasteiger partial charge in [0.15, 0.2) is 3.57 Å². The van der Waals surface area contributed by atoms with Crippen molar-refractivity contribution in [2.75, 3.05) is 0 Å². The zero-order valence-electron chi connectivity index (χ0n) is 9.12. The lowest BCUT2D eigenvalue weighted by molar-refractivity contribution is -0.582. The van der Waals surface area contributed by atoms with Crippen LogP contribution in [-0.4, -0.2) is 18.4 Å². The Bertz CT molecular complexity index is 519. The monoisotopic (exact) mass is 365 g/mol. The number of fused-ring (bicyclic) bond motifs is 2. The molecular formula is C13H9F3IO+. The summed E-state index contributed by atoms with van der Waals surface area (Å²) in [5.74, 6) is 0. The first-order chi connectivity index (χ1) is 8.55. The molecule has 0 saturated heterocycles. The Morgan fingerprint density at radius 1 is 1.00 bits per heavy atom. The predicted molar refractivity (Wildman–Crippen MR) is 56.0 cm³/mol. The van der Waals surface area contributed by atoms with Gasteiger partial charge >= 0.3 is 27.4 Å². The van der Waals surface area contributed by atoms with E-state index in [2.05, 4.69) is 0 Å². The number of hydrogen-bond acceptors (Lipinski definition) is 1. The van der Waals surface area contributed by atoms with Crippen LogP contribution in [0.4, 0.5) is 13.2 Å². The van der Waals surface area contributed by atoms with Gasteiger partial charge in [0.2, 0.25) is 3.58 Å². The first kappa shape index (κ1) is 12.2. The highest BCUT2D eigenvalue weighted by Gasteiger charge is 2.54. The van der Waals surface area contributed by atoms with E-state index in [0.29, 0.717) is 3.58 Å². The van der Waals surface area contributed by atoms with Gasteiger partial charge in [0.05, 0.1) is 0 Å². The molecule has 0 N–H and O–H groups in total. The molecule has 0 aromatic heterocycles. The molecule has 18 heavy (non-hydrogen) atoms. The third-order valence-electron chi connectivity index (χ3n) is 2.79. The minimum atomic E-state index is -4.28. The van der Waals surface area contributed by atoms with Gasteiger partial charge in [0.25, 0.3) is 0 Å². The van der Waals surface area contributed by atoms with E-state index in [1.807, 2.05) is 30.3 Å². The SMILES string of the molecule is FC(F)(F)C1=C([I+]c2ccccc2)C2C=CC1O2. The average Bonchev–Trinajstić information content (AvgIpc) is 2.89. The van der Waals surface area contributed by atoms with Crippen molar-refractivity contribution in [3.63, 3.8) is 0 Å². The normalized spacial score (nSPS) is 26.2. The van der Waals surface area contributed by atoms with Gasteiger partial charge in [0.1, 0.15) is 17.8 Å². The quantitative estimate of drug-likeness (QED) is 0.534. The van der Waals surface area contributed by atoms with Crippen LogP contribution in [-0.2, 0) is 4.74 Å². The van der Waals surface area contributed by atoms with Crippen molar-refractivity contribution in [1.82, 2.24) is 0 Å². The van der Waals surface area contributed by atoms with E-state index < -0.39 is 45.2 Å². The Balaban J connectivity index is 1.96. The summed E-state index contributed by atoms with van der Waals surface area (Å²) in [6, 6.07) is 9.33. The molecule has 2 aliphatic heterocycles. The summed E-state index contributed by atoms with van der Waals surface area (Å²) in [4.78, 5) is 0. The highest BCUT2D eigenvalue weighted by Crippen LogP contribution is 2.40. The number of benzene rings is 1. The first-order valence-corrected chi connectivity index (χ1v) is 7.56. The van der Waals surface area contributed by atoms with Crippen LogP contribution in [0.1, 0.15) is 0 Å². The molecule has 0 radical (unpaired) electrons. The van der Waals surface area contributed by atoms with Gasteiger partial charge < -0.3 is 4.74 Å². The Morgan fingerprint density at radius 2 is 1.67 bits per heavy atom. The summed E-state index contributed by atoms with van der Waals surface area (Å²) in [6.07, 6.45) is -2.38. The minimum absolute atomic E-state index is 0.458. The van der Waals surface area contributed by atoms with Crippen molar-refractivity contribution >= 4 is 0 Å². The van der Waals surface area contributed by atoms with E-state index >= 15 is 0 Å². The molecule has 3 rings (SSSR count). The van der Waals surface area contributed by atoms with Gasteiger partial charge in [-0.3, -0.25) is 0 Å². The molecule has 1 aromatic carbocycles. The second-order valence-corrected chi connectivity index (χ2v) is 6.96. The lowest BCUT2D eigenvalue weighted by Crippen LogP contribution is -3.61. The lowest BCUT2D eigenvalue weighted by Gasteiger charge is -2.10. The molecule has 2 aliphatic rings. The summed E-state index contributed by atoms with van der Waals surface area (Å²) < 4.78 is 45.8. The van der Waals surface area contributed by atoms with E-state index in [1.54, 1.807) is 6.08 Å². The molecule has 2 heterocycles. The van der Waals surface area contributed by atoms with Crippen LogP contribution in [0.15, 0.2) is 51.6 Å². The van der Waals surface area contributed by atoms with Gasteiger partial charge in [-0.1, -0.05) is 24.3 Å². The van der Waals surface area contributed by atoms with E-state index in [0.717, 1.165) is 3.57 Å². The van der Waals surface area contributed by atoms with Gasteiger partial charge in [0, 0.05) is 0 Å². The van der Waals surface area contributed by atoms with Crippen molar-refractivity contribution in [2.45, 2.75) is 18.4 Å². The number of hydrogen-bond donors (Lipinski definition) is 0. The van der Waals surface area contributed by atoms with Gasteiger partial charge in [-0.15, -0.1) is 0 Å². The maximum absolute atomic E-state index is 13.0. The third kappa shape index (κ3) is 2.09. The Morgan fingerprint density at radius 3 is 2.33 bits per heavy atom. The molecule has 0 spiro atoms. The molecule has 0 fully saturated rings. The highest BCUT2D eigenvalue weighted by molar-refractivity contribution is 5.38. The van der Waals surface area contributed by atoms with Crippen LogP contribution in [0.2, 0.25) is 0 Å². The van der Waals surface area contributed by atoms with E-state index in [4.69, 9.17) is 4.74 Å². The maximum atomic E-state index is 13.0. The van der Waals surface area contributed by atoms with Crippen LogP contribution >= 0.6 is 0 Å². The molecule has 5 heteroatoms. The molecule has 0 saturated carbocycles. The third-order valence-corrected chi connectivity index (χ3v) is 5.91. The molecule has 2 bridgehead atoms. The lowest BCUT2D eigenvalue weighted by atomic mass is 10.1. The van der Waals surface area contributed by atoms with Crippen LogP contribution in [0, 0.1) is 3.57 Å². The largest absolute Gasteiger partial charge is 0.419 e. The first-order valence-electron chi connectivity index (χ1n) is 5.40. The maximum Gasteiger partial charge on any atom is 0.419 e. The molecule has 1 aromatic rings. The minimum Gasteiger partial charge on any atom is -0.353 e. The number of ether oxygens (including phenoxy) is 1. The second-order valence-electron chi connectivity index (χ2n) is 4.01. The fraction of sp³-hybridized carbons (Fsp3) is 0.231. The van der Waals surface area contributed by atoms with Crippen LogP contribution in [0.5, 0.6) is 0 Å². The van der Waals surface area contributed by atoms with Crippen LogP contribution < -0.4 is 21.2 Å². The molecule has 2 atom stereocenters. The topological polar surface area (TPSA) is 9.23 Å². The highest BCUT2D eigenvalue weighted by atomic mass is 127. The fourth-order valence-corrected chi connectivity index (χ4v) is 5.06. The summed E-state index contributed by atoms with van der Waals surface area (Å²) in [7, 11) is 0. The van der Waals surface area contributed by atoms with Crippen molar-refractivity contribution in [3.05, 3.63) is 55.2 Å². The molecular weight excluding hydrogens is 356 g/mol. The van der Waals surface area contributed by atoms with Gasteiger partial charge in [-0.2, -0.15) is 13.2 Å². The summed E-state index contributed by atoms with van der Waals surface area (Å²) in [5.41, 5.74) is -0.466. The fourth-order valence-electron chi connectivity index (χ4n) is 2.04. The van der Waals surface area contributed by atoms with Crippen molar-refractivity contribution < 1.29 is 39.1 Å². The Labute approximate surface area is 113 Å². The summed E-state index contributed by atoms with van der Waals surface area (Å²) in [6.45, 7) is 0. The van der Waals surface area contributed by atoms with Crippen LogP contribution in [0.3, 0.4) is 0 Å². The molecule has 1 nitrogen and oxygen atoms in total. The van der Waals surface area contributed by atoms with Crippen molar-refractivity contribution in [3.8, 4) is 0 Å². The van der Waals surface area contributed by atoms with Crippen LogP contribution in [0.25, 0.3) is 0 Å². The zero-order chi connectivity index (χ0) is 12.8. The Hall–Kier alpha value is -0.820. The smallest absolute Gasteiger partial charge is 0.353 e. The van der Waals surface area contributed by atoms with Crippen molar-refractivity contribution in [2.24, 2.45) is 0 Å². The molecule has 2 unspecified atom stereocenters. The zero-order valence-corrected chi connectivity index (χ0v) is 11.3. The van der Waals surface area contributed by atoms with Gasteiger partial charge in [-0.05, 0) is 18.2 Å². The summed E-state index contributed by atoms with van der Waals surface area (Å²) >= 11 is -0.816.